The molecule has 0 radical (unpaired) electrons. The van der Waals surface area contributed by atoms with E-state index in [0.29, 0.717) is 6.61 Å². The lowest BCUT2D eigenvalue weighted by molar-refractivity contribution is -0.149. The number of rotatable bonds is 5. The van der Waals surface area contributed by atoms with Crippen LogP contribution < -0.4 is 0 Å². The molecule has 3 rings (SSSR count). The van der Waals surface area contributed by atoms with Gasteiger partial charge in [-0.05, 0) is 30.4 Å². The van der Waals surface area contributed by atoms with Gasteiger partial charge >= 0.3 is 5.97 Å². The fourth-order valence-electron chi connectivity index (χ4n) is 2.93. The van der Waals surface area contributed by atoms with Gasteiger partial charge in [0.15, 0.2) is 6.10 Å². The van der Waals surface area contributed by atoms with Crippen LogP contribution in [-0.2, 0) is 20.7 Å². The number of carbonyl (C=O) groups is 2. The summed E-state index contributed by atoms with van der Waals surface area (Å²) in [5, 5.41) is 9.11. The van der Waals surface area contributed by atoms with Gasteiger partial charge in [0.2, 0.25) is 0 Å². The number of aliphatic carboxylic acids is 1. The fourth-order valence-corrected chi connectivity index (χ4v) is 2.93. The zero-order valence-corrected chi connectivity index (χ0v) is 12.7. The van der Waals surface area contributed by atoms with E-state index < -0.39 is 18.0 Å². The summed E-state index contributed by atoms with van der Waals surface area (Å²) >= 11 is 0. The number of benzene rings is 1. The monoisotopic (exact) mass is 303 g/mol. The summed E-state index contributed by atoms with van der Waals surface area (Å²) in [5.74, 6) is -1.53. The second-order valence-corrected chi connectivity index (χ2v) is 6.16. The van der Waals surface area contributed by atoms with Crippen molar-refractivity contribution in [1.82, 2.24) is 4.90 Å². The van der Waals surface area contributed by atoms with Crippen molar-refractivity contribution in [2.24, 2.45) is 5.92 Å². The van der Waals surface area contributed by atoms with E-state index in [1.54, 1.807) is 11.8 Å². The van der Waals surface area contributed by atoms with Crippen LogP contribution in [0.1, 0.15) is 37.0 Å². The predicted octanol–water partition coefficient (Wildman–Crippen LogP) is 2.01. The summed E-state index contributed by atoms with van der Waals surface area (Å²) in [6.45, 7) is 2.42. The molecular formula is C17H21NO4. The van der Waals surface area contributed by atoms with Gasteiger partial charge in [0.1, 0.15) is 0 Å². The molecule has 22 heavy (non-hydrogen) atoms. The number of nitrogens with zero attached hydrogens (tertiary/aromatic N) is 1. The van der Waals surface area contributed by atoms with Crippen LogP contribution in [0.4, 0.5) is 0 Å². The van der Waals surface area contributed by atoms with Crippen LogP contribution in [0, 0.1) is 5.92 Å². The minimum Gasteiger partial charge on any atom is -0.481 e. The minimum absolute atomic E-state index is 0.0947. The van der Waals surface area contributed by atoms with Crippen LogP contribution in [-0.4, -0.2) is 41.1 Å². The Labute approximate surface area is 129 Å². The molecule has 5 heteroatoms. The van der Waals surface area contributed by atoms with Gasteiger partial charge < -0.3 is 14.7 Å². The third kappa shape index (κ3) is 2.99. The number of fused-ring (bicyclic) bond motifs is 1. The molecule has 118 valence electrons. The Morgan fingerprint density at radius 3 is 2.77 bits per heavy atom. The molecule has 1 aliphatic carbocycles. The average molecular weight is 303 g/mol. The van der Waals surface area contributed by atoms with E-state index in [9.17, 15) is 9.59 Å². The fraction of sp³-hybridized carbons (Fsp3) is 0.529. The summed E-state index contributed by atoms with van der Waals surface area (Å²) < 4.78 is 5.73. The second-order valence-electron chi connectivity index (χ2n) is 6.16. The number of carboxylic acids is 1. The Kier molecular flexibility index (Phi) is 4.16. The van der Waals surface area contributed by atoms with Crippen molar-refractivity contribution in [2.45, 2.75) is 38.3 Å². The molecule has 1 amide bonds. The molecule has 0 bridgehead atoms. The molecular weight excluding hydrogens is 282 g/mol. The molecule has 2 aliphatic rings. The molecule has 1 aliphatic heterocycles. The van der Waals surface area contributed by atoms with Crippen LogP contribution in [0.3, 0.4) is 0 Å². The highest BCUT2D eigenvalue weighted by Crippen LogP contribution is 2.34. The zero-order valence-electron chi connectivity index (χ0n) is 12.7. The first kappa shape index (κ1) is 15.0. The SMILES string of the molecule is C[C@H](CN(C(=O)[C@H]1OCCc2ccccc21)C1CC1)C(=O)O. The van der Waals surface area contributed by atoms with Crippen molar-refractivity contribution in [3.8, 4) is 0 Å². The largest absolute Gasteiger partial charge is 0.481 e. The molecule has 0 unspecified atom stereocenters. The molecule has 1 saturated carbocycles. The maximum atomic E-state index is 12.9. The van der Waals surface area contributed by atoms with Crippen molar-refractivity contribution in [2.75, 3.05) is 13.2 Å². The number of carboxylic acid groups (broad SMARTS) is 1. The maximum Gasteiger partial charge on any atom is 0.308 e. The van der Waals surface area contributed by atoms with Gasteiger partial charge in [0.05, 0.1) is 12.5 Å². The maximum absolute atomic E-state index is 12.9. The summed E-state index contributed by atoms with van der Waals surface area (Å²) in [6.07, 6.45) is 2.12. The zero-order chi connectivity index (χ0) is 15.7. The average Bonchev–Trinajstić information content (AvgIpc) is 3.35. The molecule has 2 atom stereocenters. The van der Waals surface area contributed by atoms with Crippen molar-refractivity contribution >= 4 is 11.9 Å². The number of ether oxygens (including phenoxy) is 1. The highest BCUT2D eigenvalue weighted by Gasteiger charge is 2.39. The van der Waals surface area contributed by atoms with Gasteiger partial charge in [-0.2, -0.15) is 0 Å². The Bertz CT molecular complexity index is 582. The van der Waals surface area contributed by atoms with Gasteiger partial charge in [-0.15, -0.1) is 0 Å². The van der Waals surface area contributed by atoms with Crippen LogP contribution in [0.15, 0.2) is 24.3 Å². The van der Waals surface area contributed by atoms with Gasteiger partial charge in [-0.25, -0.2) is 0 Å². The van der Waals surface area contributed by atoms with Crippen molar-refractivity contribution < 1.29 is 19.4 Å². The van der Waals surface area contributed by atoms with E-state index in [1.807, 2.05) is 24.3 Å². The molecule has 1 aromatic rings. The first-order valence-corrected chi connectivity index (χ1v) is 7.80. The van der Waals surface area contributed by atoms with Crippen LogP contribution >= 0.6 is 0 Å². The summed E-state index contributed by atoms with van der Waals surface area (Å²) in [4.78, 5) is 25.7. The quantitative estimate of drug-likeness (QED) is 0.903. The first-order valence-electron chi connectivity index (χ1n) is 7.80. The normalized spacial score (nSPS) is 21.8. The summed E-state index contributed by atoms with van der Waals surface area (Å²) in [6, 6.07) is 8.01. The third-order valence-electron chi connectivity index (χ3n) is 4.38. The Hall–Kier alpha value is -1.88. The lowest BCUT2D eigenvalue weighted by atomic mass is 9.96. The summed E-state index contributed by atoms with van der Waals surface area (Å²) in [5.41, 5.74) is 2.07. The Morgan fingerprint density at radius 1 is 1.36 bits per heavy atom. The lowest BCUT2D eigenvalue weighted by Gasteiger charge is -2.32. The van der Waals surface area contributed by atoms with E-state index in [-0.39, 0.29) is 18.5 Å². The van der Waals surface area contributed by atoms with Gasteiger partial charge in [0.25, 0.3) is 5.91 Å². The molecule has 1 N–H and O–H groups in total. The topological polar surface area (TPSA) is 66.8 Å². The Balaban J connectivity index is 1.81. The van der Waals surface area contributed by atoms with Gasteiger partial charge in [-0.1, -0.05) is 31.2 Å². The lowest BCUT2D eigenvalue weighted by Crippen LogP contribution is -2.42. The number of carbonyl (C=O) groups excluding carboxylic acids is 1. The molecule has 0 aromatic heterocycles. The number of hydrogen-bond donors (Lipinski definition) is 1. The first-order chi connectivity index (χ1) is 10.6. The minimum atomic E-state index is -0.872. The molecule has 1 aromatic carbocycles. The highest BCUT2D eigenvalue weighted by atomic mass is 16.5. The third-order valence-corrected chi connectivity index (χ3v) is 4.38. The van der Waals surface area contributed by atoms with Gasteiger partial charge in [0, 0.05) is 12.6 Å². The van der Waals surface area contributed by atoms with E-state index in [4.69, 9.17) is 9.84 Å². The van der Waals surface area contributed by atoms with E-state index in [2.05, 4.69) is 0 Å². The standard InChI is InChI=1S/C17H21NO4/c1-11(17(20)21)10-18(13-6-7-13)16(19)15-14-5-3-2-4-12(14)8-9-22-15/h2-5,11,13,15H,6-10H2,1H3,(H,20,21)/t11-,15+/m1/s1. The van der Waals surface area contributed by atoms with E-state index in [0.717, 1.165) is 30.4 Å². The van der Waals surface area contributed by atoms with Crippen molar-refractivity contribution in [3.05, 3.63) is 35.4 Å². The molecule has 0 spiro atoms. The highest BCUT2D eigenvalue weighted by molar-refractivity contribution is 5.84. The second kappa shape index (κ2) is 6.08. The molecule has 5 nitrogen and oxygen atoms in total. The molecule has 1 fully saturated rings. The smallest absolute Gasteiger partial charge is 0.308 e. The van der Waals surface area contributed by atoms with E-state index >= 15 is 0 Å². The van der Waals surface area contributed by atoms with Crippen LogP contribution in [0.25, 0.3) is 0 Å². The number of hydrogen-bond acceptors (Lipinski definition) is 3. The molecule has 1 heterocycles. The summed E-state index contributed by atoms with van der Waals surface area (Å²) in [7, 11) is 0. The predicted molar refractivity (Wildman–Crippen MR) is 80.4 cm³/mol. The van der Waals surface area contributed by atoms with Crippen molar-refractivity contribution in [1.29, 1.82) is 0 Å². The molecule has 0 saturated heterocycles. The van der Waals surface area contributed by atoms with E-state index in [1.165, 1.54) is 0 Å². The van der Waals surface area contributed by atoms with Crippen LogP contribution in [0.5, 0.6) is 0 Å². The van der Waals surface area contributed by atoms with Gasteiger partial charge in [-0.3, -0.25) is 9.59 Å². The number of amides is 1. The van der Waals surface area contributed by atoms with Crippen LogP contribution in [0.2, 0.25) is 0 Å². The van der Waals surface area contributed by atoms with Crippen molar-refractivity contribution in [3.63, 3.8) is 0 Å². The Morgan fingerprint density at radius 2 is 2.09 bits per heavy atom.